The Labute approximate surface area is 200 Å². The third-order valence-electron chi connectivity index (χ3n) is 5.84. The maximum absolute atomic E-state index is 13.9. The molecule has 1 aromatic heterocycles. The average molecular weight is 463 g/mol. The van der Waals surface area contributed by atoms with Crippen molar-refractivity contribution in [2.75, 3.05) is 5.32 Å². The summed E-state index contributed by atoms with van der Waals surface area (Å²) in [6.45, 7) is 9.37. The summed E-state index contributed by atoms with van der Waals surface area (Å²) in [7, 11) is 0. The zero-order valence-corrected chi connectivity index (χ0v) is 19.4. The lowest BCUT2D eigenvalue weighted by Crippen LogP contribution is -2.47. The van der Waals surface area contributed by atoms with Crippen LogP contribution in [0.5, 0.6) is 0 Å². The SMILES string of the molecule is C=C/C=C(/NC(=O)C(CC1CCCC1)NC(=O)c1cccc(Nc2ccncc2F)c1)C(=C)C. The van der Waals surface area contributed by atoms with Gasteiger partial charge in [0.1, 0.15) is 6.04 Å². The molecule has 1 heterocycles. The van der Waals surface area contributed by atoms with E-state index >= 15 is 0 Å². The molecule has 1 atom stereocenters. The molecule has 1 unspecified atom stereocenters. The van der Waals surface area contributed by atoms with Crippen molar-refractivity contribution in [2.24, 2.45) is 5.92 Å². The summed E-state index contributed by atoms with van der Waals surface area (Å²) in [6, 6.07) is 7.53. The Morgan fingerprint density at radius 1 is 1.26 bits per heavy atom. The van der Waals surface area contributed by atoms with Crippen molar-refractivity contribution in [3.8, 4) is 0 Å². The molecule has 0 aliphatic heterocycles. The van der Waals surface area contributed by atoms with E-state index in [1.807, 2.05) is 0 Å². The highest BCUT2D eigenvalue weighted by Crippen LogP contribution is 2.29. The Kier molecular flexibility index (Phi) is 8.73. The largest absolute Gasteiger partial charge is 0.353 e. The Morgan fingerprint density at radius 3 is 2.71 bits per heavy atom. The van der Waals surface area contributed by atoms with E-state index in [1.54, 1.807) is 43.3 Å². The standard InChI is InChI=1S/C27H31FN4O2/c1-4-8-23(18(2)3)31-27(34)25(15-19-9-5-6-10-19)32-26(33)20-11-7-12-21(16-20)30-24-13-14-29-17-22(24)28/h4,7-8,11-14,16-17,19,25H,1-2,5-6,9-10,15H2,3H3,(H,29,30)(H,31,34)(H,32,33)/b23-8+. The number of hydrogen-bond donors (Lipinski definition) is 3. The summed E-state index contributed by atoms with van der Waals surface area (Å²) in [5, 5.41) is 8.73. The number of nitrogens with zero attached hydrogens (tertiary/aromatic N) is 1. The third kappa shape index (κ3) is 6.88. The topological polar surface area (TPSA) is 83.1 Å². The number of anilines is 2. The Balaban J connectivity index is 1.76. The van der Waals surface area contributed by atoms with E-state index in [4.69, 9.17) is 0 Å². The molecule has 34 heavy (non-hydrogen) atoms. The van der Waals surface area contributed by atoms with Gasteiger partial charge in [0.15, 0.2) is 5.82 Å². The van der Waals surface area contributed by atoms with Crippen LogP contribution in [0.15, 0.2) is 79.3 Å². The van der Waals surface area contributed by atoms with E-state index in [0.29, 0.717) is 34.9 Å². The van der Waals surface area contributed by atoms with Crippen LogP contribution < -0.4 is 16.0 Å². The molecule has 6 nitrogen and oxygen atoms in total. The van der Waals surface area contributed by atoms with Gasteiger partial charge < -0.3 is 16.0 Å². The quantitative estimate of drug-likeness (QED) is 0.413. The molecule has 3 N–H and O–H groups in total. The maximum atomic E-state index is 13.9. The molecule has 178 valence electrons. The van der Waals surface area contributed by atoms with E-state index < -0.39 is 11.9 Å². The number of benzene rings is 1. The minimum absolute atomic E-state index is 0.257. The number of allylic oxidation sites excluding steroid dienone is 3. The summed E-state index contributed by atoms with van der Waals surface area (Å²) in [5.74, 6) is -0.770. The van der Waals surface area contributed by atoms with E-state index in [-0.39, 0.29) is 17.5 Å². The van der Waals surface area contributed by atoms with E-state index in [2.05, 4.69) is 34.1 Å². The molecule has 3 rings (SSSR count). The monoisotopic (exact) mass is 462 g/mol. The van der Waals surface area contributed by atoms with Gasteiger partial charge >= 0.3 is 0 Å². The van der Waals surface area contributed by atoms with Crippen molar-refractivity contribution >= 4 is 23.2 Å². The number of pyridine rings is 1. The maximum Gasteiger partial charge on any atom is 0.252 e. The molecule has 0 bridgehead atoms. The summed E-state index contributed by atoms with van der Waals surface area (Å²) < 4.78 is 13.9. The highest BCUT2D eigenvalue weighted by Gasteiger charge is 2.27. The Hall–Kier alpha value is -3.74. The highest BCUT2D eigenvalue weighted by molar-refractivity contribution is 5.98. The van der Waals surface area contributed by atoms with Crippen LogP contribution in [0.2, 0.25) is 0 Å². The first kappa shape index (κ1) is 24.9. The number of carbonyl (C=O) groups is 2. The van der Waals surface area contributed by atoms with Gasteiger partial charge in [-0.05, 0) is 55.2 Å². The van der Waals surface area contributed by atoms with Crippen LogP contribution in [0.25, 0.3) is 0 Å². The summed E-state index contributed by atoms with van der Waals surface area (Å²) >= 11 is 0. The molecule has 1 aromatic carbocycles. The number of rotatable bonds is 10. The smallest absolute Gasteiger partial charge is 0.252 e. The van der Waals surface area contributed by atoms with Crippen LogP contribution in [0, 0.1) is 11.7 Å². The molecule has 1 aliphatic rings. The van der Waals surface area contributed by atoms with Crippen molar-refractivity contribution in [2.45, 2.75) is 45.1 Å². The van der Waals surface area contributed by atoms with E-state index in [9.17, 15) is 14.0 Å². The van der Waals surface area contributed by atoms with Crippen LogP contribution in [0.1, 0.15) is 49.4 Å². The fourth-order valence-corrected chi connectivity index (χ4v) is 4.05. The lowest BCUT2D eigenvalue weighted by Gasteiger charge is -2.22. The highest BCUT2D eigenvalue weighted by atomic mass is 19.1. The number of halogens is 1. The number of carbonyl (C=O) groups excluding carboxylic acids is 2. The van der Waals surface area contributed by atoms with Gasteiger partial charge in [0.2, 0.25) is 5.91 Å². The zero-order valence-electron chi connectivity index (χ0n) is 19.4. The van der Waals surface area contributed by atoms with Crippen molar-refractivity contribution in [1.29, 1.82) is 0 Å². The second-order valence-corrected chi connectivity index (χ2v) is 8.56. The Morgan fingerprint density at radius 2 is 2.03 bits per heavy atom. The number of nitrogens with one attached hydrogen (secondary N) is 3. The minimum Gasteiger partial charge on any atom is -0.353 e. The summed E-state index contributed by atoms with van der Waals surface area (Å²) in [6.07, 6.45) is 10.8. The van der Waals surface area contributed by atoms with E-state index in [0.717, 1.165) is 31.9 Å². The van der Waals surface area contributed by atoms with Gasteiger partial charge in [0, 0.05) is 23.1 Å². The molecule has 1 saturated carbocycles. The predicted molar refractivity (Wildman–Crippen MR) is 133 cm³/mol. The van der Waals surface area contributed by atoms with Gasteiger partial charge in [-0.3, -0.25) is 14.6 Å². The molecular weight excluding hydrogens is 431 g/mol. The number of hydrogen-bond acceptors (Lipinski definition) is 4. The van der Waals surface area contributed by atoms with Crippen molar-refractivity contribution in [3.05, 3.63) is 90.7 Å². The molecular formula is C27H31FN4O2. The lowest BCUT2D eigenvalue weighted by atomic mass is 9.97. The molecule has 0 radical (unpaired) electrons. The molecule has 7 heteroatoms. The fourth-order valence-electron chi connectivity index (χ4n) is 4.05. The lowest BCUT2D eigenvalue weighted by molar-refractivity contribution is -0.122. The average Bonchev–Trinajstić information content (AvgIpc) is 3.33. The van der Waals surface area contributed by atoms with Crippen molar-refractivity contribution in [3.63, 3.8) is 0 Å². The fraction of sp³-hybridized carbons (Fsp3) is 0.296. The van der Waals surface area contributed by atoms with Gasteiger partial charge in [-0.2, -0.15) is 0 Å². The minimum atomic E-state index is -0.697. The summed E-state index contributed by atoms with van der Waals surface area (Å²) in [5.41, 5.74) is 2.43. The zero-order chi connectivity index (χ0) is 24.5. The molecule has 1 fully saturated rings. The van der Waals surface area contributed by atoms with Crippen LogP contribution in [0.3, 0.4) is 0 Å². The molecule has 2 aromatic rings. The van der Waals surface area contributed by atoms with Gasteiger partial charge in [-0.1, -0.05) is 51.0 Å². The van der Waals surface area contributed by atoms with Gasteiger partial charge in [-0.25, -0.2) is 4.39 Å². The van der Waals surface area contributed by atoms with E-state index in [1.165, 1.54) is 12.3 Å². The van der Waals surface area contributed by atoms with Gasteiger partial charge in [0.25, 0.3) is 5.91 Å². The normalized spacial score (nSPS) is 14.8. The molecule has 0 saturated heterocycles. The van der Waals surface area contributed by atoms with Crippen molar-refractivity contribution in [1.82, 2.24) is 15.6 Å². The van der Waals surface area contributed by atoms with Gasteiger partial charge in [0.05, 0.1) is 11.9 Å². The van der Waals surface area contributed by atoms with Crippen LogP contribution in [-0.2, 0) is 4.79 Å². The molecule has 2 amide bonds. The predicted octanol–water partition coefficient (Wildman–Crippen LogP) is 5.41. The summed E-state index contributed by atoms with van der Waals surface area (Å²) in [4.78, 5) is 30.0. The van der Waals surface area contributed by atoms with Crippen LogP contribution in [0.4, 0.5) is 15.8 Å². The number of aromatic nitrogens is 1. The second kappa shape index (κ2) is 11.9. The van der Waals surface area contributed by atoms with Crippen LogP contribution in [-0.4, -0.2) is 22.8 Å². The molecule has 0 spiro atoms. The number of amides is 2. The van der Waals surface area contributed by atoms with Gasteiger partial charge in [-0.15, -0.1) is 0 Å². The third-order valence-corrected chi connectivity index (χ3v) is 5.84. The second-order valence-electron chi connectivity index (χ2n) is 8.56. The first-order valence-electron chi connectivity index (χ1n) is 11.4. The van der Waals surface area contributed by atoms with Crippen molar-refractivity contribution < 1.29 is 14.0 Å². The molecule has 1 aliphatic carbocycles. The first-order valence-corrected chi connectivity index (χ1v) is 11.4. The first-order chi connectivity index (χ1) is 16.4. The van der Waals surface area contributed by atoms with Crippen LogP contribution >= 0.6 is 0 Å². The Bertz CT molecular complexity index is 1090.